The van der Waals surface area contributed by atoms with Crippen LogP contribution in [-0.2, 0) is 0 Å². The van der Waals surface area contributed by atoms with Crippen molar-refractivity contribution in [2.75, 3.05) is 26.4 Å². The van der Waals surface area contributed by atoms with Gasteiger partial charge in [0.25, 0.3) is 0 Å². The summed E-state index contributed by atoms with van der Waals surface area (Å²) in [6.07, 6.45) is 0. The summed E-state index contributed by atoms with van der Waals surface area (Å²) in [6, 6.07) is 5.80. The summed E-state index contributed by atoms with van der Waals surface area (Å²) >= 11 is 0. The van der Waals surface area contributed by atoms with Crippen LogP contribution in [0.4, 0.5) is 5.69 Å². The first-order valence-corrected chi connectivity index (χ1v) is 5.49. The zero-order chi connectivity index (χ0) is 12.3. The monoisotopic (exact) mass is 222 g/mol. The quantitative estimate of drug-likeness (QED) is 0.794. The lowest BCUT2D eigenvalue weighted by Crippen LogP contribution is -2.43. The molecule has 0 fully saturated rings. The van der Waals surface area contributed by atoms with E-state index < -0.39 is 0 Å². The van der Waals surface area contributed by atoms with Crippen molar-refractivity contribution in [1.82, 2.24) is 4.90 Å². The third kappa shape index (κ3) is 3.42. The minimum Gasteiger partial charge on any atom is -0.492 e. The summed E-state index contributed by atoms with van der Waals surface area (Å²) in [5.74, 6) is 0.840. The second-order valence-electron chi connectivity index (χ2n) is 5.07. The Morgan fingerprint density at radius 2 is 1.88 bits per heavy atom. The summed E-state index contributed by atoms with van der Waals surface area (Å²) in [7, 11) is 4.10. The molecule has 0 spiro atoms. The first kappa shape index (κ1) is 12.8. The lowest BCUT2D eigenvalue weighted by Gasteiger charge is -2.32. The molecule has 0 heterocycles. The van der Waals surface area contributed by atoms with Crippen LogP contribution in [0.15, 0.2) is 18.2 Å². The first-order valence-electron chi connectivity index (χ1n) is 5.49. The number of nitrogens with two attached hydrogens (primary N) is 1. The van der Waals surface area contributed by atoms with Crippen LogP contribution in [0, 0.1) is 6.92 Å². The van der Waals surface area contributed by atoms with E-state index in [4.69, 9.17) is 10.5 Å². The van der Waals surface area contributed by atoms with E-state index in [1.807, 2.05) is 39.2 Å². The summed E-state index contributed by atoms with van der Waals surface area (Å²) < 4.78 is 5.77. The largest absolute Gasteiger partial charge is 0.492 e. The van der Waals surface area contributed by atoms with Crippen LogP contribution in [0.3, 0.4) is 0 Å². The van der Waals surface area contributed by atoms with Crippen LogP contribution >= 0.6 is 0 Å². The maximum atomic E-state index is 5.77. The van der Waals surface area contributed by atoms with Gasteiger partial charge in [-0.1, -0.05) is 0 Å². The van der Waals surface area contributed by atoms with Crippen molar-refractivity contribution < 1.29 is 4.74 Å². The van der Waals surface area contributed by atoms with Crippen molar-refractivity contribution >= 4 is 5.69 Å². The van der Waals surface area contributed by atoms with Crippen LogP contribution in [0.1, 0.15) is 19.4 Å². The van der Waals surface area contributed by atoms with Gasteiger partial charge in [-0.15, -0.1) is 0 Å². The number of nitrogens with zero attached hydrogens (tertiary/aromatic N) is 1. The lowest BCUT2D eigenvalue weighted by molar-refractivity contribution is 0.114. The van der Waals surface area contributed by atoms with Crippen LogP contribution in [-0.4, -0.2) is 31.1 Å². The highest BCUT2D eigenvalue weighted by atomic mass is 16.5. The van der Waals surface area contributed by atoms with Gasteiger partial charge < -0.3 is 15.4 Å². The van der Waals surface area contributed by atoms with E-state index in [2.05, 4.69) is 18.7 Å². The fourth-order valence-electron chi connectivity index (χ4n) is 1.25. The summed E-state index contributed by atoms with van der Waals surface area (Å²) in [5.41, 5.74) is 7.65. The molecule has 16 heavy (non-hydrogen) atoms. The molecule has 1 rings (SSSR count). The minimum absolute atomic E-state index is 0.0124. The van der Waals surface area contributed by atoms with Crippen molar-refractivity contribution in [3.63, 3.8) is 0 Å². The molecule has 0 aliphatic heterocycles. The molecule has 1 aromatic rings. The summed E-state index contributed by atoms with van der Waals surface area (Å²) in [6.45, 7) is 6.95. The van der Waals surface area contributed by atoms with E-state index >= 15 is 0 Å². The zero-order valence-corrected chi connectivity index (χ0v) is 10.9. The molecule has 3 heteroatoms. The lowest BCUT2D eigenvalue weighted by atomic mass is 10.1. The fourth-order valence-corrected chi connectivity index (χ4v) is 1.25. The van der Waals surface area contributed by atoms with E-state index in [-0.39, 0.29) is 5.54 Å². The number of aryl methyl sites for hydroxylation is 1. The Labute approximate surface area is 98.2 Å². The Balaban J connectivity index is 2.68. The average Bonchev–Trinajstić information content (AvgIpc) is 2.13. The van der Waals surface area contributed by atoms with Gasteiger partial charge in [-0.3, -0.25) is 0 Å². The second-order valence-corrected chi connectivity index (χ2v) is 5.07. The van der Waals surface area contributed by atoms with E-state index in [1.165, 1.54) is 0 Å². The molecule has 1 aromatic carbocycles. The van der Waals surface area contributed by atoms with Crippen LogP contribution < -0.4 is 10.5 Å². The zero-order valence-electron chi connectivity index (χ0n) is 10.9. The number of ether oxygens (including phenoxy) is 1. The van der Waals surface area contributed by atoms with E-state index in [9.17, 15) is 0 Å². The van der Waals surface area contributed by atoms with Gasteiger partial charge in [0, 0.05) is 17.3 Å². The highest BCUT2D eigenvalue weighted by Crippen LogP contribution is 2.20. The highest BCUT2D eigenvalue weighted by molar-refractivity contribution is 5.47. The molecule has 0 bridgehead atoms. The number of nitrogen functional groups attached to an aromatic ring is 1. The Bertz CT molecular complexity index is 339. The van der Waals surface area contributed by atoms with Gasteiger partial charge in [0.2, 0.25) is 0 Å². The number of benzene rings is 1. The van der Waals surface area contributed by atoms with Gasteiger partial charge in [-0.2, -0.15) is 0 Å². The molecule has 0 unspecified atom stereocenters. The van der Waals surface area contributed by atoms with Crippen molar-refractivity contribution in [2.24, 2.45) is 0 Å². The van der Waals surface area contributed by atoms with Gasteiger partial charge in [0.1, 0.15) is 12.4 Å². The molecule has 90 valence electrons. The maximum absolute atomic E-state index is 5.77. The number of hydrogen-bond donors (Lipinski definition) is 1. The number of rotatable bonds is 4. The summed E-state index contributed by atoms with van der Waals surface area (Å²) in [4.78, 5) is 2.14. The van der Waals surface area contributed by atoms with E-state index in [0.717, 1.165) is 17.0 Å². The van der Waals surface area contributed by atoms with Crippen molar-refractivity contribution in [1.29, 1.82) is 0 Å². The van der Waals surface area contributed by atoms with Crippen LogP contribution in [0.5, 0.6) is 5.75 Å². The molecule has 0 saturated carbocycles. The Kier molecular flexibility index (Phi) is 3.81. The Morgan fingerprint density at radius 1 is 1.25 bits per heavy atom. The van der Waals surface area contributed by atoms with Gasteiger partial charge in [-0.05, 0) is 52.6 Å². The summed E-state index contributed by atoms with van der Waals surface area (Å²) in [5, 5.41) is 0. The SMILES string of the molecule is Cc1cc(N)cc(OCC(C)(C)N(C)C)c1. The highest BCUT2D eigenvalue weighted by Gasteiger charge is 2.21. The van der Waals surface area contributed by atoms with Crippen molar-refractivity contribution in [3.05, 3.63) is 23.8 Å². The topological polar surface area (TPSA) is 38.5 Å². The molecule has 0 atom stereocenters. The third-order valence-electron chi connectivity index (χ3n) is 2.88. The molecular formula is C13H22N2O. The fraction of sp³-hybridized carbons (Fsp3) is 0.538. The molecule has 0 radical (unpaired) electrons. The van der Waals surface area contributed by atoms with E-state index in [1.54, 1.807) is 0 Å². The predicted octanol–water partition coefficient (Wildman–Crippen LogP) is 2.30. The predicted molar refractivity (Wildman–Crippen MR) is 68.9 cm³/mol. The Morgan fingerprint density at radius 3 is 2.38 bits per heavy atom. The maximum Gasteiger partial charge on any atom is 0.121 e. The molecule has 0 saturated heterocycles. The smallest absolute Gasteiger partial charge is 0.121 e. The number of anilines is 1. The first-order chi connectivity index (χ1) is 7.31. The van der Waals surface area contributed by atoms with Gasteiger partial charge in [-0.25, -0.2) is 0 Å². The van der Waals surface area contributed by atoms with E-state index in [0.29, 0.717) is 6.61 Å². The van der Waals surface area contributed by atoms with Crippen LogP contribution in [0.2, 0.25) is 0 Å². The molecular weight excluding hydrogens is 200 g/mol. The molecule has 0 amide bonds. The van der Waals surface area contributed by atoms with Gasteiger partial charge >= 0.3 is 0 Å². The number of hydrogen-bond acceptors (Lipinski definition) is 3. The molecule has 3 nitrogen and oxygen atoms in total. The molecule has 0 aliphatic rings. The normalized spacial score (nSPS) is 11.9. The molecule has 0 aliphatic carbocycles. The molecule has 2 N–H and O–H groups in total. The average molecular weight is 222 g/mol. The van der Waals surface area contributed by atoms with Crippen molar-refractivity contribution in [3.8, 4) is 5.75 Å². The number of likely N-dealkylation sites (N-methyl/N-ethyl adjacent to an activating group) is 1. The standard InChI is InChI=1S/C13H22N2O/c1-10-6-11(14)8-12(7-10)16-9-13(2,3)15(4)5/h6-8H,9,14H2,1-5H3. The Hall–Kier alpha value is -1.22. The third-order valence-corrected chi connectivity index (χ3v) is 2.88. The molecule has 0 aromatic heterocycles. The van der Waals surface area contributed by atoms with Crippen molar-refractivity contribution in [2.45, 2.75) is 26.3 Å². The van der Waals surface area contributed by atoms with Gasteiger partial charge in [0.15, 0.2) is 0 Å². The van der Waals surface area contributed by atoms with Gasteiger partial charge in [0.05, 0.1) is 0 Å². The minimum atomic E-state index is 0.0124. The second kappa shape index (κ2) is 4.74. The van der Waals surface area contributed by atoms with Crippen LogP contribution in [0.25, 0.3) is 0 Å².